The molecule has 2 heterocycles. The monoisotopic (exact) mass is 434 g/mol. The summed E-state index contributed by atoms with van der Waals surface area (Å²) in [6.45, 7) is 3.32. The molecular formula is C17H24Cl2N4O3S. The van der Waals surface area contributed by atoms with Crippen LogP contribution in [0.25, 0.3) is 5.69 Å². The zero-order valence-corrected chi connectivity index (χ0v) is 17.6. The Hall–Kier alpha value is -1.16. The Labute approximate surface area is 170 Å². The molecule has 0 radical (unpaired) electrons. The minimum Gasteiger partial charge on any atom is -0.383 e. The highest BCUT2D eigenvalue weighted by Crippen LogP contribution is 2.22. The summed E-state index contributed by atoms with van der Waals surface area (Å²) < 4.78 is 35.2. The zero-order chi connectivity index (χ0) is 18.8. The van der Waals surface area contributed by atoms with E-state index in [9.17, 15) is 8.42 Å². The molecule has 3 rings (SSSR count). The largest absolute Gasteiger partial charge is 0.383 e. The van der Waals surface area contributed by atoms with Crippen molar-refractivity contribution >= 4 is 34.0 Å². The molecule has 0 bridgehead atoms. The maximum absolute atomic E-state index is 12.8. The molecule has 1 aliphatic rings. The fraction of sp³-hybridized carbons (Fsp3) is 0.471. The Morgan fingerprint density at radius 2 is 2.07 bits per heavy atom. The maximum atomic E-state index is 12.8. The molecule has 27 heavy (non-hydrogen) atoms. The number of halogens is 2. The van der Waals surface area contributed by atoms with E-state index in [0.29, 0.717) is 17.3 Å². The summed E-state index contributed by atoms with van der Waals surface area (Å²) in [5.74, 6) is 0. The molecule has 7 nitrogen and oxygen atoms in total. The van der Waals surface area contributed by atoms with E-state index in [1.165, 1.54) is 6.20 Å². The maximum Gasteiger partial charge on any atom is 0.244 e. The van der Waals surface area contributed by atoms with Crippen LogP contribution in [-0.2, 0) is 14.8 Å². The van der Waals surface area contributed by atoms with Crippen molar-refractivity contribution in [2.75, 3.05) is 26.8 Å². The van der Waals surface area contributed by atoms with Crippen molar-refractivity contribution in [3.05, 3.63) is 41.2 Å². The van der Waals surface area contributed by atoms with E-state index < -0.39 is 10.0 Å². The Morgan fingerprint density at radius 1 is 1.37 bits per heavy atom. The quantitative estimate of drug-likeness (QED) is 0.697. The molecule has 0 aliphatic carbocycles. The summed E-state index contributed by atoms with van der Waals surface area (Å²) in [6.07, 6.45) is 3.24. The van der Waals surface area contributed by atoms with Gasteiger partial charge in [0, 0.05) is 18.7 Å². The van der Waals surface area contributed by atoms with Crippen LogP contribution in [-0.4, -0.2) is 50.5 Å². The molecular weight excluding hydrogens is 411 g/mol. The fourth-order valence-corrected chi connectivity index (χ4v) is 4.69. The van der Waals surface area contributed by atoms with Crippen LogP contribution >= 0.6 is 24.0 Å². The van der Waals surface area contributed by atoms with Crippen LogP contribution < -0.4 is 10.0 Å². The molecule has 1 atom stereocenters. The van der Waals surface area contributed by atoms with E-state index in [1.54, 1.807) is 43.0 Å². The second kappa shape index (κ2) is 8.89. The van der Waals surface area contributed by atoms with Crippen molar-refractivity contribution in [2.24, 2.45) is 0 Å². The summed E-state index contributed by atoms with van der Waals surface area (Å²) in [5, 5.41) is 8.20. The van der Waals surface area contributed by atoms with Gasteiger partial charge in [-0.1, -0.05) is 11.6 Å². The normalized spacial score (nSPS) is 19.8. The zero-order valence-electron chi connectivity index (χ0n) is 15.2. The van der Waals surface area contributed by atoms with Gasteiger partial charge in [0.1, 0.15) is 4.90 Å². The van der Waals surface area contributed by atoms with E-state index in [4.69, 9.17) is 16.3 Å². The van der Waals surface area contributed by atoms with Gasteiger partial charge in [0.05, 0.1) is 29.7 Å². The number of rotatable bonds is 7. The molecule has 1 aliphatic heterocycles. The summed E-state index contributed by atoms with van der Waals surface area (Å²) in [5.41, 5.74) is 0.934. The first-order valence-electron chi connectivity index (χ1n) is 8.41. The van der Waals surface area contributed by atoms with Crippen molar-refractivity contribution in [1.29, 1.82) is 0 Å². The van der Waals surface area contributed by atoms with E-state index >= 15 is 0 Å². The van der Waals surface area contributed by atoms with Crippen molar-refractivity contribution in [1.82, 2.24) is 19.8 Å². The van der Waals surface area contributed by atoms with Gasteiger partial charge in [0.2, 0.25) is 10.0 Å². The first-order chi connectivity index (χ1) is 12.4. The number of ether oxygens (including phenoxy) is 1. The molecule has 1 unspecified atom stereocenters. The van der Waals surface area contributed by atoms with Crippen molar-refractivity contribution < 1.29 is 13.2 Å². The third-order valence-electron chi connectivity index (χ3n) is 4.68. The molecule has 1 saturated heterocycles. The van der Waals surface area contributed by atoms with Crippen LogP contribution in [0.3, 0.4) is 0 Å². The van der Waals surface area contributed by atoms with Crippen LogP contribution in [0.15, 0.2) is 35.4 Å². The van der Waals surface area contributed by atoms with Gasteiger partial charge in [0.25, 0.3) is 0 Å². The Kier molecular flexibility index (Phi) is 7.29. The first kappa shape index (κ1) is 22.1. The lowest BCUT2D eigenvalue weighted by atomic mass is 9.99. The number of hydrogen-bond acceptors (Lipinski definition) is 5. The average Bonchev–Trinajstić information content (AvgIpc) is 3.22. The predicted molar refractivity (Wildman–Crippen MR) is 108 cm³/mol. The smallest absolute Gasteiger partial charge is 0.244 e. The minimum atomic E-state index is -3.69. The van der Waals surface area contributed by atoms with Crippen LogP contribution in [0.5, 0.6) is 0 Å². The number of sulfonamides is 1. The van der Waals surface area contributed by atoms with E-state index in [2.05, 4.69) is 15.1 Å². The molecule has 0 spiro atoms. The second-order valence-corrected chi connectivity index (χ2v) is 8.72. The Morgan fingerprint density at radius 3 is 2.67 bits per heavy atom. The van der Waals surface area contributed by atoms with E-state index in [0.717, 1.165) is 25.1 Å². The lowest BCUT2D eigenvalue weighted by Gasteiger charge is -2.28. The van der Waals surface area contributed by atoms with Gasteiger partial charge >= 0.3 is 0 Å². The van der Waals surface area contributed by atoms with Crippen LogP contribution in [0.2, 0.25) is 5.02 Å². The number of benzene rings is 1. The number of nitrogens with zero attached hydrogens (tertiary/aromatic N) is 2. The molecule has 2 aromatic rings. The third-order valence-corrected chi connectivity index (χ3v) is 6.43. The van der Waals surface area contributed by atoms with E-state index in [1.807, 2.05) is 0 Å². The Bertz CT molecular complexity index is 863. The van der Waals surface area contributed by atoms with Crippen LogP contribution in [0.1, 0.15) is 18.5 Å². The van der Waals surface area contributed by atoms with E-state index in [-0.39, 0.29) is 29.4 Å². The van der Waals surface area contributed by atoms with Crippen molar-refractivity contribution in [2.45, 2.75) is 30.2 Å². The highest BCUT2D eigenvalue weighted by atomic mass is 35.5. The highest BCUT2D eigenvalue weighted by Gasteiger charge is 2.35. The number of nitrogens with one attached hydrogen (secondary N) is 2. The summed E-state index contributed by atoms with van der Waals surface area (Å²) in [7, 11) is -2.06. The lowest BCUT2D eigenvalue weighted by molar-refractivity contribution is 0.122. The topological polar surface area (TPSA) is 85.2 Å². The SMILES string of the molecule is COCC1(CNS(=O)(=O)c2cnn(-c3ccc(Cl)cc3)c2C)CCCN1.Cl. The second-order valence-electron chi connectivity index (χ2n) is 6.55. The molecule has 1 aromatic heterocycles. The predicted octanol–water partition coefficient (Wildman–Crippen LogP) is 2.30. The number of methoxy groups -OCH3 is 1. The van der Waals surface area contributed by atoms with Crippen molar-refractivity contribution in [3.63, 3.8) is 0 Å². The summed E-state index contributed by atoms with van der Waals surface area (Å²) in [6, 6.07) is 7.07. The average molecular weight is 435 g/mol. The highest BCUT2D eigenvalue weighted by molar-refractivity contribution is 7.89. The third kappa shape index (κ3) is 4.82. The van der Waals surface area contributed by atoms with Gasteiger partial charge in [-0.15, -0.1) is 12.4 Å². The standard InChI is InChI=1S/C17H23ClN4O3S.ClH/c1-13-16(10-20-22(13)15-6-4-14(18)5-7-15)26(23,24)21-11-17(12-25-2)8-3-9-19-17;/h4-7,10,19,21H,3,8-9,11-12H2,1-2H3;1H. The number of hydrogen-bond donors (Lipinski definition) is 2. The first-order valence-corrected chi connectivity index (χ1v) is 10.3. The molecule has 2 N–H and O–H groups in total. The molecule has 1 fully saturated rings. The molecule has 10 heteroatoms. The van der Waals surface area contributed by atoms with Gasteiger partial charge in [-0.05, 0) is 50.6 Å². The lowest BCUT2D eigenvalue weighted by Crippen LogP contribution is -2.52. The van der Waals surface area contributed by atoms with Crippen LogP contribution in [0.4, 0.5) is 0 Å². The van der Waals surface area contributed by atoms with Gasteiger partial charge < -0.3 is 10.1 Å². The fourth-order valence-electron chi connectivity index (χ4n) is 3.28. The van der Waals surface area contributed by atoms with Gasteiger partial charge in [0.15, 0.2) is 0 Å². The molecule has 0 saturated carbocycles. The van der Waals surface area contributed by atoms with Gasteiger partial charge in [-0.2, -0.15) is 5.10 Å². The summed E-state index contributed by atoms with van der Waals surface area (Å²) >= 11 is 5.91. The van der Waals surface area contributed by atoms with Gasteiger partial charge in [-0.25, -0.2) is 17.8 Å². The molecule has 1 aromatic carbocycles. The molecule has 0 amide bonds. The van der Waals surface area contributed by atoms with Crippen molar-refractivity contribution in [3.8, 4) is 5.69 Å². The van der Waals surface area contributed by atoms with Gasteiger partial charge in [-0.3, -0.25) is 0 Å². The minimum absolute atomic E-state index is 0. The van der Waals surface area contributed by atoms with Crippen LogP contribution in [0, 0.1) is 6.92 Å². The Balaban J connectivity index is 0.00000261. The summed E-state index contributed by atoms with van der Waals surface area (Å²) in [4.78, 5) is 0.165. The molecule has 150 valence electrons. The number of aromatic nitrogens is 2.